The van der Waals surface area contributed by atoms with Gasteiger partial charge >= 0.3 is 0 Å². The molecule has 0 spiro atoms. The van der Waals surface area contributed by atoms with Crippen LogP contribution in [0.15, 0.2) is 46.6 Å². The smallest absolute Gasteiger partial charge is 0.220 e. The minimum atomic E-state index is 0.572. The summed E-state index contributed by atoms with van der Waals surface area (Å²) in [6, 6.07) is 7.73. The van der Waals surface area contributed by atoms with E-state index in [9.17, 15) is 0 Å². The van der Waals surface area contributed by atoms with Crippen LogP contribution in [0.1, 0.15) is 5.56 Å². The van der Waals surface area contributed by atoms with E-state index in [-0.39, 0.29) is 0 Å². The van der Waals surface area contributed by atoms with E-state index < -0.39 is 0 Å². The van der Waals surface area contributed by atoms with Crippen LogP contribution in [-0.2, 0) is 4.74 Å². The van der Waals surface area contributed by atoms with Crippen molar-refractivity contribution in [3.05, 3.63) is 47.1 Å². The fourth-order valence-electron chi connectivity index (χ4n) is 0.921. The maximum Gasteiger partial charge on any atom is 0.220 e. The summed E-state index contributed by atoms with van der Waals surface area (Å²) in [5, 5.41) is 0. The highest BCUT2D eigenvalue weighted by molar-refractivity contribution is 9.10. The molecular formula is C10H10BrNO. The van der Waals surface area contributed by atoms with E-state index in [0.717, 1.165) is 10.0 Å². The number of hydrogen-bond acceptors (Lipinski definition) is 2. The first-order chi connectivity index (χ1) is 6.27. The Hall–Kier alpha value is -1.09. The second kappa shape index (κ2) is 4.82. The van der Waals surface area contributed by atoms with E-state index in [1.165, 1.54) is 6.26 Å². The van der Waals surface area contributed by atoms with Gasteiger partial charge in [-0.05, 0) is 24.3 Å². The first kappa shape index (κ1) is 9.99. The van der Waals surface area contributed by atoms with Gasteiger partial charge in [0.2, 0.25) is 5.90 Å². The van der Waals surface area contributed by atoms with Crippen molar-refractivity contribution in [2.45, 2.75) is 0 Å². The molecule has 0 N–H and O–H groups in total. The van der Waals surface area contributed by atoms with Crippen molar-refractivity contribution in [1.29, 1.82) is 0 Å². The molecule has 1 aromatic carbocycles. The van der Waals surface area contributed by atoms with Gasteiger partial charge in [-0.2, -0.15) is 0 Å². The molecule has 0 heterocycles. The van der Waals surface area contributed by atoms with Crippen LogP contribution in [0.4, 0.5) is 0 Å². The zero-order valence-corrected chi connectivity index (χ0v) is 8.91. The van der Waals surface area contributed by atoms with Gasteiger partial charge in [0.1, 0.15) is 0 Å². The first-order valence-corrected chi connectivity index (χ1v) is 4.57. The van der Waals surface area contributed by atoms with Gasteiger partial charge in [0.05, 0.1) is 6.26 Å². The van der Waals surface area contributed by atoms with Gasteiger partial charge in [0.25, 0.3) is 0 Å². The lowest BCUT2D eigenvalue weighted by Gasteiger charge is -2.03. The van der Waals surface area contributed by atoms with Crippen molar-refractivity contribution in [3.8, 4) is 0 Å². The molecule has 3 heteroatoms. The molecule has 0 saturated carbocycles. The van der Waals surface area contributed by atoms with Gasteiger partial charge < -0.3 is 4.74 Å². The van der Waals surface area contributed by atoms with Gasteiger partial charge in [-0.15, -0.1) is 0 Å². The highest BCUT2D eigenvalue weighted by Gasteiger charge is 2.00. The molecule has 0 saturated heterocycles. The van der Waals surface area contributed by atoms with Crippen molar-refractivity contribution >= 4 is 21.8 Å². The lowest BCUT2D eigenvalue weighted by molar-refractivity contribution is 0.475. The molecule has 0 aromatic heterocycles. The van der Waals surface area contributed by atoms with Crippen LogP contribution >= 0.6 is 15.9 Å². The molecular weight excluding hydrogens is 230 g/mol. The third-order valence-electron chi connectivity index (χ3n) is 1.49. The topological polar surface area (TPSA) is 21.6 Å². The number of ether oxygens (including phenoxy) is 1. The third-order valence-corrected chi connectivity index (χ3v) is 2.02. The molecule has 0 fully saturated rings. The van der Waals surface area contributed by atoms with E-state index in [1.54, 1.807) is 7.05 Å². The van der Waals surface area contributed by atoms with E-state index in [1.807, 2.05) is 24.3 Å². The maximum absolute atomic E-state index is 5.12. The zero-order valence-electron chi connectivity index (χ0n) is 7.33. The van der Waals surface area contributed by atoms with Crippen LogP contribution in [0.25, 0.3) is 0 Å². The van der Waals surface area contributed by atoms with Crippen LogP contribution in [0.2, 0.25) is 0 Å². The predicted octanol–water partition coefficient (Wildman–Crippen LogP) is 2.99. The van der Waals surface area contributed by atoms with Crippen LogP contribution in [0.3, 0.4) is 0 Å². The summed E-state index contributed by atoms with van der Waals surface area (Å²) in [6.45, 7) is 3.48. The summed E-state index contributed by atoms with van der Waals surface area (Å²) in [5.41, 5.74) is 0.936. The van der Waals surface area contributed by atoms with Crippen LogP contribution in [0.5, 0.6) is 0 Å². The van der Waals surface area contributed by atoms with E-state index in [0.29, 0.717) is 5.90 Å². The number of rotatable bonds is 2. The number of nitrogens with zero attached hydrogens (tertiary/aromatic N) is 1. The van der Waals surface area contributed by atoms with Gasteiger partial charge in [-0.1, -0.05) is 22.5 Å². The standard InChI is InChI=1S/C10H10BrNO/c1-3-13-10(12-2)8-4-6-9(11)7-5-8/h3-7H,1H2,2H3. The monoisotopic (exact) mass is 239 g/mol. The number of halogens is 1. The van der Waals surface area contributed by atoms with Crippen molar-refractivity contribution in [3.63, 3.8) is 0 Å². The first-order valence-electron chi connectivity index (χ1n) is 3.78. The Kier molecular flexibility index (Phi) is 3.71. The van der Waals surface area contributed by atoms with Gasteiger partial charge in [-0.25, -0.2) is 0 Å². The number of benzene rings is 1. The highest BCUT2D eigenvalue weighted by atomic mass is 79.9. The Morgan fingerprint density at radius 1 is 1.46 bits per heavy atom. The summed E-state index contributed by atoms with van der Waals surface area (Å²) >= 11 is 3.35. The second-order valence-electron chi connectivity index (χ2n) is 2.32. The SMILES string of the molecule is C=COC(=NC)c1ccc(Br)cc1. The summed E-state index contributed by atoms with van der Waals surface area (Å²) in [5.74, 6) is 0.572. The zero-order chi connectivity index (χ0) is 9.68. The molecule has 0 atom stereocenters. The van der Waals surface area contributed by atoms with Crippen molar-refractivity contribution in [1.82, 2.24) is 0 Å². The largest absolute Gasteiger partial charge is 0.447 e. The Morgan fingerprint density at radius 2 is 2.08 bits per heavy atom. The average molecular weight is 240 g/mol. The average Bonchev–Trinajstić information content (AvgIpc) is 2.16. The van der Waals surface area contributed by atoms with Crippen LogP contribution in [-0.4, -0.2) is 12.9 Å². The number of hydrogen-bond donors (Lipinski definition) is 0. The third kappa shape index (κ3) is 2.70. The molecule has 0 aliphatic rings. The summed E-state index contributed by atoms with van der Waals surface area (Å²) in [4.78, 5) is 3.99. The molecule has 2 nitrogen and oxygen atoms in total. The Morgan fingerprint density at radius 3 is 2.54 bits per heavy atom. The van der Waals surface area contributed by atoms with Crippen molar-refractivity contribution < 1.29 is 4.74 Å². The quantitative estimate of drug-likeness (QED) is 0.442. The Bertz CT molecular complexity index is 316. The lowest BCUT2D eigenvalue weighted by atomic mass is 10.2. The van der Waals surface area contributed by atoms with Gasteiger partial charge in [0, 0.05) is 17.1 Å². The fourth-order valence-corrected chi connectivity index (χ4v) is 1.19. The van der Waals surface area contributed by atoms with Crippen LogP contribution in [0, 0.1) is 0 Å². The molecule has 1 aromatic rings. The van der Waals surface area contributed by atoms with E-state index in [4.69, 9.17) is 4.74 Å². The molecule has 0 unspecified atom stereocenters. The minimum Gasteiger partial charge on any atom is -0.447 e. The minimum absolute atomic E-state index is 0.572. The van der Waals surface area contributed by atoms with Gasteiger partial charge in [-0.3, -0.25) is 4.99 Å². The maximum atomic E-state index is 5.12. The van der Waals surface area contributed by atoms with E-state index in [2.05, 4.69) is 27.5 Å². The summed E-state index contributed by atoms with van der Waals surface area (Å²) < 4.78 is 6.15. The molecule has 0 amide bonds. The van der Waals surface area contributed by atoms with Crippen LogP contribution < -0.4 is 0 Å². The summed E-state index contributed by atoms with van der Waals surface area (Å²) in [6.07, 6.45) is 1.37. The molecule has 0 bridgehead atoms. The van der Waals surface area contributed by atoms with Crippen molar-refractivity contribution in [2.24, 2.45) is 4.99 Å². The normalized spacial score (nSPS) is 11.1. The summed E-state index contributed by atoms with van der Waals surface area (Å²) in [7, 11) is 1.68. The molecule has 1 rings (SSSR count). The number of aliphatic imine (C=N–C) groups is 1. The molecule has 0 aliphatic heterocycles. The predicted molar refractivity (Wildman–Crippen MR) is 57.9 cm³/mol. The Balaban J connectivity index is 2.92. The van der Waals surface area contributed by atoms with Gasteiger partial charge in [0.15, 0.2) is 0 Å². The van der Waals surface area contributed by atoms with Crippen molar-refractivity contribution in [2.75, 3.05) is 7.05 Å². The van der Waals surface area contributed by atoms with E-state index >= 15 is 0 Å². The molecule has 0 radical (unpaired) electrons. The fraction of sp³-hybridized carbons (Fsp3) is 0.100. The Labute approximate surface area is 86.1 Å². The molecule has 68 valence electrons. The highest BCUT2D eigenvalue weighted by Crippen LogP contribution is 2.11. The second-order valence-corrected chi connectivity index (χ2v) is 3.24. The molecule has 13 heavy (non-hydrogen) atoms. The molecule has 0 aliphatic carbocycles. The lowest BCUT2D eigenvalue weighted by Crippen LogP contribution is -2.01.